The third-order valence-electron chi connectivity index (χ3n) is 5.92. The fourth-order valence-electron chi connectivity index (χ4n) is 4.47. The third-order valence-corrected chi connectivity index (χ3v) is 5.92. The molecular weight excluding hydrogens is 342 g/mol. The highest BCUT2D eigenvalue weighted by Gasteiger charge is 2.37. The smallest absolute Gasteiger partial charge is 0.223 e. The van der Waals surface area contributed by atoms with Crippen LogP contribution in [0.2, 0.25) is 0 Å². The molecule has 1 saturated heterocycles. The van der Waals surface area contributed by atoms with E-state index in [1.165, 1.54) is 19.3 Å². The summed E-state index contributed by atoms with van der Waals surface area (Å²) in [7, 11) is 0. The maximum atomic E-state index is 13.2. The van der Waals surface area contributed by atoms with Crippen LogP contribution < -0.4 is 0 Å². The Morgan fingerprint density at radius 2 is 2.00 bits per heavy atom. The summed E-state index contributed by atoms with van der Waals surface area (Å²) in [6, 6.07) is 10.2. The minimum absolute atomic E-state index is 0.0364. The molecule has 2 aliphatic rings. The van der Waals surface area contributed by atoms with E-state index >= 15 is 0 Å². The molecule has 1 aliphatic heterocycles. The zero-order valence-corrected chi connectivity index (χ0v) is 15.7. The molecule has 2 heterocycles. The molecule has 144 valence electrons. The number of benzene rings is 1. The fourth-order valence-corrected chi connectivity index (χ4v) is 4.47. The second-order valence-corrected chi connectivity index (χ2v) is 7.85. The molecule has 0 spiro atoms. The lowest BCUT2D eigenvalue weighted by atomic mass is 9.71. The van der Waals surface area contributed by atoms with Gasteiger partial charge in [0.2, 0.25) is 5.91 Å². The minimum atomic E-state index is -0.0364. The predicted molar refractivity (Wildman–Crippen MR) is 99.7 cm³/mol. The first-order valence-electron chi connectivity index (χ1n) is 9.89. The number of carbonyl (C=O) groups excluding carboxylic acids is 1. The van der Waals surface area contributed by atoms with Crippen molar-refractivity contribution in [2.24, 2.45) is 5.41 Å². The summed E-state index contributed by atoms with van der Waals surface area (Å²) in [5, 5.41) is 11.5. The van der Waals surface area contributed by atoms with E-state index in [1.807, 2.05) is 23.1 Å². The van der Waals surface area contributed by atoms with Crippen molar-refractivity contribution in [2.45, 2.75) is 51.2 Å². The molecule has 0 N–H and O–H groups in total. The number of hydrogen-bond donors (Lipinski definition) is 0. The molecule has 0 bridgehead atoms. The van der Waals surface area contributed by atoms with Gasteiger partial charge in [0.05, 0.1) is 19.7 Å². The zero-order chi connectivity index (χ0) is 18.5. The number of hydrogen-bond acceptors (Lipinski definition) is 5. The molecular formula is C20H27N5O2. The van der Waals surface area contributed by atoms with Gasteiger partial charge in [0.1, 0.15) is 12.4 Å². The molecule has 0 unspecified atom stereocenters. The highest BCUT2D eigenvalue weighted by atomic mass is 16.5. The van der Waals surface area contributed by atoms with Crippen molar-refractivity contribution in [3.05, 3.63) is 42.2 Å². The van der Waals surface area contributed by atoms with Gasteiger partial charge in [-0.25, -0.2) is 4.68 Å². The lowest BCUT2D eigenvalue weighted by Crippen LogP contribution is -2.45. The molecule has 1 aromatic heterocycles. The van der Waals surface area contributed by atoms with Crippen molar-refractivity contribution in [3.8, 4) is 0 Å². The molecule has 0 radical (unpaired) electrons. The van der Waals surface area contributed by atoms with Crippen LogP contribution in [0.1, 0.15) is 50.2 Å². The highest BCUT2D eigenvalue weighted by molar-refractivity contribution is 5.77. The van der Waals surface area contributed by atoms with E-state index in [1.54, 1.807) is 11.0 Å². The van der Waals surface area contributed by atoms with Crippen molar-refractivity contribution in [3.63, 3.8) is 0 Å². The largest absolute Gasteiger partial charge is 0.370 e. The summed E-state index contributed by atoms with van der Waals surface area (Å²) < 4.78 is 7.70. The average molecular weight is 369 g/mol. The topological polar surface area (TPSA) is 73.1 Å². The Morgan fingerprint density at radius 1 is 1.19 bits per heavy atom. The van der Waals surface area contributed by atoms with Gasteiger partial charge in [-0.1, -0.05) is 49.6 Å². The van der Waals surface area contributed by atoms with Crippen LogP contribution in [0, 0.1) is 5.41 Å². The molecule has 1 aromatic carbocycles. The van der Waals surface area contributed by atoms with Gasteiger partial charge in [-0.15, -0.1) is 5.10 Å². The standard InChI is InChI=1S/C20H27N5O2/c26-19(24-11-12-27-18(14-24)17-7-3-1-4-8-17)13-20(9-5-2-6-10-20)15-25-16-21-22-23-25/h1,3-4,7-8,16,18H,2,5-6,9-15H2/t18-/m1/s1. The number of ether oxygens (including phenoxy) is 1. The molecule has 2 fully saturated rings. The van der Waals surface area contributed by atoms with Crippen LogP contribution in [0.25, 0.3) is 0 Å². The summed E-state index contributed by atoms with van der Waals surface area (Å²) in [6.07, 6.45) is 7.90. The van der Waals surface area contributed by atoms with Crippen LogP contribution in [-0.4, -0.2) is 50.7 Å². The third kappa shape index (κ3) is 4.35. The van der Waals surface area contributed by atoms with Gasteiger partial charge in [0.25, 0.3) is 0 Å². The number of tetrazole rings is 1. The minimum Gasteiger partial charge on any atom is -0.370 e. The molecule has 7 nitrogen and oxygen atoms in total. The zero-order valence-electron chi connectivity index (χ0n) is 15.7. The number of nitrogens with zero attached hydrogens (tertiary/aromatic N) is 5. The van der Waals surface area contributed by atoms with Crippen molar-refractivity contribution in [1.29, 1.82) is 0 Å². The SMILES string of the molecule is O=C(CC1(Cn2cnnn2)CCCCC1)N1CCO[C@@H](c2ccccc2)C1. The monoisotopic (exact) mass is 369 g/mol. The van der Waals surface area contributed by atoms with Gasteiger partial charge >= 0.3 is 0 Å². The Hall–Kier alpha value is -2.28. The molecule has 7 heteroatoms. The van der Waals surface area contributed by atoms with Crippen LogP contribution in [0.3, 0.4) is 0 Å². The van der Waals surface area contributed by atoms with Crippen molar-refractivity contribution < 1.29 is 9.53 Å². The molecule has 27 heavy (non-hydrogen) atoms. The van der Waals surface area contributed by atoms with Crippen LogP contribution in [0.15, 0.2) is 36.7 Å². The molecule has 4 rings (SSSR count). The Kier molecular flexibility index (Phi) is 5.48. The Labute approximate surface area is 159 Å². The van der Waals surface area contributed by atoms with Crippen LogP contribution >= 0.6 is 0 Å². The Morgan fingerprint density at radius 3 is 2.74 bits per heavy atom. The van der Waals surface area contributed by atoms with Crippen LogP contribution in [0.4, 0.5) is 0 Å². The molecule has 1 aliphatic carbocycles. The number of aromatic nitrogens is 4. The Bertz CT molecular complexity index is 728. The fraction of sp³-hybridized carbons (Fsp3) is 0.600. The number of rotatable bonds is 5. The van der Waals surface area contributed by atoms with Gasteiger partial charge in [0, 0.05) is 13.0 Å². The van der Waals surface area contributed by atoms with E-state index in [0.29, 0.717) is 26.1 Å². The lowest BCUT2D eigenvalue weighted by Gasteiger charge is -2.39. The van der Waals surface area contributed by atoms with Crippen molar-refractivity contribution in [1.82, 2.24) is 25.1 Å². The maximum Gasteiger partial charge on any atom is 0.223 e. The summed E-state index contributed by atoms with van der Waals surface area (Å²) in [4.78, 5) is 15.2. The van der Waals surface area contributed by atoms with E-state index in [4.69, 9.17) is 4.74 Å². The number of morpholine rings is 1. The predicted octanol–water partition coefficient (Wildman–Crippen LogP) is 2.61. The maximum absolute atomic E-state index is 13.2. The quantitative estimate of drug-likeness (QED) is 0.810. The first-order chi connectivity index (χ1) is 13.2. The molecule has 2 aromatic rings. The van der Waals surface area contributed by atoms with Gasteiger partial charge in [0.15, 0.2) is 0 Å². The second kappa shape index (κ2) is 8.17. The first-order valence-corrected chi connectivity index (χ1v) is 9.89. The summed E-state index contributed by atoms with van der Waals surface area (Å²) in [5.41, 5.74) is 1.10. The lowest BCUT2D eigenvalue weighted by molar-refractivity contribution is -0.142. The van der Waals surface area contributed by atoms with Gasteiger partial charge in [-0.3, -0.25) is 4.79 Å². The van der Waals surface area contributed by atoms with Gasteiger partial charge < -0.3 is 9.64 Å². The summed E-state index contributed by atoms with van der Waals surface area (Å²) in [6.45, 7) is 2.61. The van der Waals surface area contributed by atoms with E-state index in [9.17, 15) is 4.79 Å². The summed E-state index contributed by atoms with van der Waals surface area (Å²) >= 11 is 0. The average Bonchev–Trinajstić information content (AvgIpc) is 3.22. The van der Waals surface area contributed by atoms with Gasteiger partial charge in [-0.2, -0.15) is 0 Å². The number of amides is 1. The van der Waals surface area contributed by atoms with Gasteiger partial charge in [-0.05, 0) is 34.2 Å². The van der Waals surface area contributed by atoms with Crippen LogP contribution in [0.5, 0.6) is 0 Å². The van der Waals surface area contributed by atoms with E-state index in [0.717, 1.165) is 24.9 Å². The molecule has 1 amide bonds. The van der Waals surface area contributed by atoms with E-state index < -0.39 is 0 Å². The van der Waals surface area contributed by atoms with E-state index in [2.05, 4.69) is 27.7 Å². The molecule has 1 saturated carbocycles. The van der Waals surface area contributed by atoms with Crippen LogP contribution in [-0.2, 0) is 16.1 Å². The first kappa shape index (κ1) is 18.1. The second-order valence-electron chi connectivity index (χ2n) is 7.85. The Balaban J connectivity index is 1.44. The van der Waals surface area contributed by atoms with Crippen molar-refractivity contribution in [2.75, 3.05) is 19.7 Å². The van der Waals surface area contributed by atoms with E-state index in [-0.39, 0.29) is 17.4 Å². The summed E-state index contributed by atoms with van der Waals surface area (Å²) in [5.74, 6) is 0.231. The highest BCUT2D eigenvalue weighted by Crippen LogP contribution is 2.41. The number of carbonyl (C=O) groups is 1. The normalized spacial score (nSPS) is 22.5. The molecule has 1 atom stereocenters. The van der Waals surface area contributed by atoms with Crippen molar-refractivity contribution >= 4 is 5.91 Å².